The number of carbonyl (C=O) groups excluding carboxylic acids is 1. The summed E-state index contributed by atoms with van der Waals surface area (Å²) in [5.74, 6) is 0.113. The van der Waals surface area contributed by atoms with Crippen LogP contribution in [-0.2, 0) is 9.53 Å². The van der Waals surface area contributed by atoms with Crippen molar-refractivity contribution in [3.05, 3.63) is 0 Å². The third-order valence-electron chi connectivity index (χ3n) is 3.18. The SMILES string of the molecule is CNC(=O)CCCNCC1(OC)CCC1. The highest BCUT2D eigenvalue weighted by molar-refractivity contribution is 5.75. The molecule has 0 heterocycles. The molecule has 0 atom stereocenters. The zero-order valence-electron chi connectivity index (χ0n) is 9.77. The van der Waals surface area contributed by atoms with Crippen LogP contribution in [0.1, 0.15) is 32.1 Å². The standard InChI is InChI=1S/C11H22N2O2/c1-12-10(14)5-3-8-13-9-11(15-2)6-4-7-11/h13H,3-9H2,1-2H3,(H,12,14). The fraction of sp³-hybridized carbons (Fsp3) is 0.909. The van der Waals surface area contributed by atoms with Crippen LogP contribution in [-0.4, -0.2) is 38.8 Å². The van der Waals surface area contributed by atoms with Gasteiger partial charge in [-0.25, -0.2) is 0 Å². The topological polar surface area (TPSA) is 50.4 Å². The molecule has 2 N–H and O–H groups in total. The summed E-state index contributed by atoms with van der Waals surface area (Å²) < 4.78 is 5.48. The molecule has 0 aliphatic heterocycles. The van der Waals surface area contributed by atoms with Crippen LogP contribution in [0.3, 0.4) is 0 Å². The predicted molar refractivity (Wildman–Crippen MR) is 59.8 cm³/mol. The number of nitrogens with one attached hydrogen (secondary N) is 2. The molecule has 4 nitrogen and oxygen atoms in total. The van der Waals surface area contributed by atoms with E-state index in [1.165, 1.54) is 6.42 Å². The van der Waals surface area contributed by atoms with Crippen molar-refractivity contribution in [1.82, 2.24) is 10.6 Å². The molecule has 88 valence electrons. The van der Waals surface area contributed by atoms with E-state index < -0.39 is 0 Å². The summed E-state index contributed by atoms with van der Waals surface area (Å²) in [5, 5.41) is 5.97. The van der Waals surface area contributed by atoms with Crippen LogP contribution < -0.4 is 10.6 Å². The highest BCUT2D eigenvalue weighted by atomic mass is 16.5. The second-order valence-corrected chi connectivity index (χ2v) is 4.19. The Morgan fingerprint density at radius 1 is 1.47 bits per heavy atom. The van der Waals surface area contributed by atoms with Crippen LogP contribution in [0, 0.1) is 0 Å². The van der Waals surface area contributed by atoms with Crippen molar-refractivity contribution in [3.8, 4) is 0 Å². The third-order valence-corrected chi connectivity index (χ3v) is 3.18. The lowest BCUT2D eigenvalue weighted by Gasteiger charge is -2.40. The van der Waals surface area contributed by atoms with Gasteiger partial charge in [0.1, 0.15) is 0 Å². The second kappa shape index (κ2) is 6.08. The molecule has 15 heavy (non-hydrogen) atoms. The lowest BCUT2D eigenvalue weighted by atomic mass is 9.80. The van der Waals surface area contributed by atoms with Gasteiger partial charge < -0.3 is 15.4 Å². The Hall–Kier alpha value is -0.610. The molecule has 0 aromatic rings. The van der Waals surface area contributed by atoms with E-state index in [9.17, 15) is 4.79 Å². The summed E-state index contributed by atoms with van der Waals surface area (Å²) in [5.41, 5.74) is 0.0903. The Bertz CT molecular complexity index is 197. The number of amides is 1. The van der Waals surface area contributed by atoms with Crippen molar-refractivity contribution in [2.45, 2.75) is 37.7 Å². The van der Waals surface area contributed by atoms with E-state index in [1.807, 2.05) is 0 Å². The summed E-state index contributed by atoms with van der Waals surface area (Å²) in [6.07, 6.45) is 5.08. The Morgan fingerprint density at radius 3 is 2.67 bits per heavy atom. The Balaban J connectivity index is 1.99. The average molecular weight is 214 g/mol. The lowest BCUT2D eigenvalue weighted by Crippen LogP contribution is -2.48. The minimum atomic E-state index is 0.0903. The van der Waals surface area contributed by atoms with Gasteiger partial charge in [-0.15, -0.1) is 0 Å². The second-order valence-electron chi connectivity index (χ2n) is 4.19. The predicted octanol–water partition coefficient (Wildman–Crippen LogP) is 0.671. The molecule has 0 radical (unpaired) electrons. The van der Waals surface area contributed by atoms with Crippen LogP contribution in [0.5, 0.6) is 0 Å². The summed E-state index contributed by atoms with van der Waals surface area (Å²) in [7, 11) is 3.45. The Morgan fingerprint density at radius 2 is 2.20 bits per heavy atom. The van der Waals surface area contributed by atoms with Gasteiger partial charge in [0.25, 0.3) is 0 Å². The number of hydrogen-bond acceptors (Lipinski definition) is 3. The number of carbonyl (C=O) groups is 1. The van der Waals surface area contributed by atoms with Gasteiger partial charge in [-0.3, -0.25) is 4.79 Å². The molecule has 4 heteroatoms. The fourth-order valence-corrected chi connectivity index (χ4v) is 1.84. The van der Waals surface area contributed by atoms with Gasteiger partial charge in [-0.05, 0) is 32.2 Å². The van der Waals surface area contributed by atoms with Crippen molar-refractivity contribution in [3.63, 3.8) is 0 Å². The van der Waals surface area contributed by atoms with Gasteiger partial charge in [0.2, 0.25) is 5.91 Å². The van der Waals surface area contributed by atoms with E-state index in [0.29, 0.717) is 6.42 Å². The molecule has 1 rings (SSSR count). The maximum atomic E-state index is 10.9. The molecule has 1 amide bonds. The minimum absolute atomic E-state index is 0.0903. The van der Waals surface area contributed by atoms with E-state index in [-0.39, 0.29) is 11.5 Å². The summed E-state index contributed by atoms with van der Waals surface area (Å²) in [4.78, 5) is 10.9. The highest BCUT2D eigenvalue weighted by Gasteiger charge is 2.36. The molecule has 0 saturated heterocycles. The van der Waals surface area contributed by atoms with E-state index in [2.05, 4.69) is 10.6 Å². The highest BCUT2D eigenvalue weighted by Crippen LogP contribution is 2.34. The largest absolute Gasteiger partial charge is 0.377 e. The first-order valence-electron chi connectivity index (χ1n) is 5.69. The maximum Gasteiger partial charge on any atom is 0.219 e. The normalized spacial score (nSPS) is 18.3. The van der Waals surface area contributed by atoms with Crippen LogP contribution in [0.25, 0.3) is 0 Å². The monoisotopic (exact) mass is 214 g/mol. The number of hydrogen-bond donors (Lipinski definition) is 2. The lowest BCUT2D eigenvalue weighted by molar-refractivity contribution is -0.120. The van der Waals surface area contributed by atoms with Crippen LogP contribution in [0.15, 0.2) is 0 Å². The molecule has 0 unspecified atom stereocenters. The summed E-state index contributed by atoms with van der Waals surface area (Å²) >= 11 is 0. The van der Waals surface area contributed by atoms with Gasteiger partial charge in [0.05, 0.1) is 5.60 Å². The van der Waals surface area contributed by atoms with Gasteiger partial charge in [0, 0.05) is 27.1 Å². The first-order valence-corrected chi connectivity index (χ1v) is 5.69. The molecular formula is C11H22N2O2. The van der Waals surface area contributed by atoms with Crippen molar-refractivity contribution >= 4 is 5.91 Å². The maximum absolute atomic E-state index is 10.9. The van der Waals surface area contributed by atoms with Crippen molar-refractivity contribution in [1.29, 1.82) is 0 Å². The summed E-state index contributed by atoms with van der Waals surface area (Å²) in [6, 6.07) is 0. The Kier molecular flexibility index (Phi) is 5.05. The number of ether oxygens (including phenoxy) is 1. The molecule has 0 bridgehead atoms. The zero-order chi connectivity index (χ0) is 11.1. The zero-order valence-corrected chi connectivity index (χ0v) is 9.77. The van der Waals surface area contributed by atoms with Crippen molar-refractivity contribution < 1.29 is 9.53 Å². The molecule has 1 saturated carbocycles. The first kappa shape index (κ1) is 12.5. The molecule has 1 fully saturated rings. The van der Waals surface area contributed by atoms with Gasteiger partial charge in [-0.1, -0.05) is 0 Å². The van der Waals surface area contributed by atoms with Gasteiger partial charge >= 0.3 is 0 Å². The van der Waals surface area contributed by atoms with Gasteiger partial charge in [0.15, 0.2) is 0 Å². The summed E-state index contributed by atoms with van der Waals surface area (Å²) in [6.45, 7) is 1.80. The number of methoxy groups -OCH3 is 1. The van der Waals surface area contributed by atoms with Crippen LogP contribution in [0.4, 0.5) is 0 Å². The van der Waals surface area contributed by atoms with Crippen molar-refractivity contribution in [2.24, 2.45) is 0 Å². The van der Waals surface area contributed by atoms with Crippen LogP contribution >= 0.6 is 0 Å². The molecule has 1 aliphatic carbocycles. The molecular weight excluding hydrogens is 192 g/mol. The smallest absolute Gasteiger partial charge is 0.219 e. The van der Waals surface area contributed by atoms with E-state index in [1.54, 1.807) is 14.2 Å². The quantitative estimate of drug-likeness (QED) is 0.612. The van der Waals surface area contributed by atoms with Crippen molar-refractivity contribution in [2.75, 3.05) is 27.2 Å². The first-order chi connectivity index (χ1) is 7.22. The van der Waals surface area contributed by atoms with Gasteiger partial charge in [-0.2, -0.15) is 0 Å². The minimum Gasteiger partial charge on any atom is -0.377 e. The molecule has 1 aliphatic rings. The number of rotatable bonds is 7. The third kappa shape index (κ3) is 3.80. The van der Waals surface area contributed by atoms with E-state index in [4.69, 9.17) is 4.74 Å². The molecule has 0 aromatic heterocycles. The van der Waals surface area contributed by atoms with Crippen LogP contribution in [0.2, 0.25) is 0 Å². The van der Waals surface area contributed by atoms with E-state index >= 15 is 0 Å². The Labute approximate surface area is 91.8 Å². The van der Waals surface area contributed by atoms with E-state index in [0.717, 1.165) is 32.4 Å². The fourth-order valence-electron chi connectivity index (χ4n) is 1.84. The molecule has 0 spiro atoms. The molecule has 0 aromatic carbocycles. The average Bonchev–Trinajstić information content (AvgIpc) is 2.20.